The molecular weight excluding hydrogens is 304 g/mol. The second-order valence-corrected chi connectivity index (χ2v) is 6.34. The minimum absolute atomic E-state index is 0.0178. The monoisotopic (exact) mass is 332 g/mol. The van der Waals surface area contributed by atoms with Crippen LogP contribution in [0.1, 0.15) is 31.7 Å². The van der Waals surface area contributed by atoms with E-state index in [1.165, 1.54) is 0 Å². The van der Waals surface area contributed by atoms with Gasteiger partial charge in [0.2, 0.25) is 5.91 Å². The summed E-state index contributed by atoms with van der Waals surface area (Å²) in [6, 6.07) is 9.82. The highest BCUT2D eigenvalue weighted by atomic mass is 16.5. The van der Waals surface area contributed by atoms with Crippen molar-refractivity contribution in [1.82, 2.24) is 10.6 Å². The van der Waals surface area contributed by atoms with Crippen molar-refractivity contribution in [3.05, 3.63) is 35.9 Å². The van der Waals surface area contributed by atoms with E-state index >= 15 is 0 Å². The molecule has 1 amide bonds. The van der Waals surface area contributed by atoms with E-state index < -0.39 is 0 Å². The number of hydrogen-bond acceptors (Lipinski definition) is 4. The summed E-state index contributed by atoms with van der Waals surface area (Å²) in [6.45, 7) is 4.54. The lowest BCUT2D eigenvalue weighted by molar-refractivity contribution is -0.147. The summed E-state index contributed by atoms with van der Waals surface area (Å²) in [6.07, 6.45) is 3.15. The van der Waals surface area contributed by atoms with Crippen LogP contribution < -0.4 is 10.6 Å². The SMILES string of the molecule is CCOC(=O)C(CNC(=O)CCC1CCNC1)Cc1ccccc1. The first-order chi connectivity index (χ1) is 11.7. The van der Waals surface area contributed by atoms with Crippen LogP contribution in [0.5, 0.6) is 0 Å². The molecule has 5 heteroatoms. The Morgan fingerprint density at radius 2 is 2.12 bits per heavy atom. The van der Waals surface area contributed by atoms with Crippen LogP contribution in [0.25, 0.3) is 0 Å². The maximum Gasteiger partial charge on any atom is 0.311 e. The van der Waals surface area contributed by atoms with E-state index in [0.717, 1.165) is 31.5 Å². The van der Waals surface area contributed by atoms with Gasteiger partial charge in [0.1, 0.15) is 0 Å². The Morgan fingerprint density at radius 1 is 1.33 bits per heavy atom. The topological polar surface area (TPSA) is 67.4 Å². The lowest BCUT2D eigenvalue weighted by atomic mass is 9.99. The fourth-order valence-electron chi connectivity index (χ4n) is 3.02. The number of benzene rings is 1. The van der Waals surface area contributed by atoms with Crippen LogP contribution in [0.4, 0.5) is 0 Å². The number of carbonyl (C=O) groups excluding carboxylic acids is 2. The molecule has 2 atom stereocenters. The van der Waals surface area contributed by atoms with Crippen LogP contribution in [0, 0.1) is 11.8 Å². The highest BCUT2D eigenvalue weighted by Gasteiger charge is 2.22. The molecule has 1 aromatic carbocycles. The van der Waals surface area contributed by atoms with Crippen molar-refractivity contribution in [1.29, 1.82) is 0 Å². The summed E-state index contributed by atoms with van der Waals surface area (Å²) >= 11 is 0. The average molecular weight is 332 g/mol. The third kappa shape index (κ3) is 6.32. The third-order valence-electron chi connectivity index (χ3n) is 4.43. The summed E-state index contributed by atoms with van der Waals surface area (Å²) in [5.74, 6) is 0.0243. The fraction of sp³-hybridized carbons (Fsp3) is 0.579. The fourth-order valence-corrected chi connectivity index (χ4v) is 3.02. The van der Waals surface area contributed by atoms with Gasteiger partial charge in [0.25, 0.3) is 0 Å². The Kier molecular flexibility index (Phi) is 7.75. The zero-order chi connectivity index (χ0) is 17.2. The first-order valence-electron chi connectivity index (χ1n) is 8.87. The highest BCUT2D eigenvalue weighted by Crippen LogP contribution is 2.14. The van der Waals surface area contributed by atoms with Crippen molar-refractivity contribution in [2.24, 2.45) is 11.8 Å². The third-order valence-corrected chi connectivity index (χ3v) is 4.43. The number of hydrogen-bond donors (Lipinski definition) is 2. The lowest BCUT2D eigenvalue weighted by Crippen LogP contribution is -2.35. The van der Waals surface area contributed by atoms with E-state index in [1.54, 1.807) is 6.92 Å². The molecule has 1 saturated heterocycles. The van der Waals surface area contributed by atoms with Crippen LogP contribution in [0.2, 0.25) is 0 Å². The Bertz CT molecular complexity index is 513. The molecule has 1 fully saturated rings. The number of ether oxygens (including phenoxy) is 1. The summed E-state index contributed by atoms with van der Waals surface area (Å²) in [7, 11) is 0. The molecule has 1 aromatic rings. The van der Waals surface area contributed by atoms with Gasteiger partial charge in [-0.1, -0.05) is 30.3 Å². The Labute approximate surface area is 144 Å². The highest BCUT2D eigenvalue weighted by molar-refractivity contribution is 5.78. The normalized spacial score (nSPS) is 18.1. The summed E-state index contributed by atoms with van der Waals surface area (Å²) < 4.78 is 5.15. The van der Waals surface area contributed by atoms with Crippen LogP contribution in [-0.4, -0.2) is 38.1 Å². The lowest BCUT2D eigenvalue weighted by Gasteiger charge is -2.17. The number of rotatable bonds is 9. The maximum atomic E-state index is 12.1. The maximum absolute atomic E-state index is 12.1. The van der Waals surface area contributed by atoms with E-state index in [1.807, 2.05) is 30.3 Å². The molecule has 0 bridgehead atoms. The van der Waals surface area contributed by atoms with Crippen LogP contribution in [-0.2, 0) is 20.7 Å². The van der Waals surface area contributed by atoms with Gasteiger partial charge in [-0.25, -0.2) is 0 Å². The minimum atomic E-state index is -0.343. The molecule has 132 valence electrons. The Balaban J connectivity index is 1.80. The number of carbonyl (C=O) groups is 2. The molecule has 1 aliphatic heterocycles. The van der Waals surface area contributed by atoms with E-state index in [-0.39, 0.29) is 17.8 Å². The van der Waals surface area contributed by atoms with Crippen molar-refractivity contribution in [3.63, 3.8) is 0 Å². The van der Waals surface area contributed by atoms with Crippen molar-refractivity contribution in [2.75, 3.05) is 26.2 Å². The predicted molar refractivity (Wildman–Crippen MR) is 93.5 cm³/mol. The van der Waals surface area contributed by atoms with Gasteiger partial charge in [0, 0.05) is 13.0 Å². The number of amides is 1. The minimum Gasteiger partial charge on any atom is -0.466 e. The average Bonchev–Trinajstić information content (AvgIpc) is 3.11. The van der Waals surface area contributed by atoms with Crippen LogP contribution >= 0.6 is 0 Å². The summed E-state index contributed by atoms with van der Waals surface area (Å²) in [5, 5.41) is 6.22. The smallest absolute Gasteiger partial charge is 0.311 e. The summed E-state index contributed by atoms with van der Waals surface area (Å²) in [4.78, 5) is 24.2. The molecule has 24 heavy (non-hydrogen) atoms. The molecule has 2 rings (SSSR count). The zero-order valence-corrected chi connectivity index (χ0v) is 14.4. The summed E-state index contributed by atoms with van der Waals surface area (Å²) in [5.41, 5.74) is 1.07. The molecule has 0 saturated carbocycles. The van der Waals surface area contributed by atoms with Crippen LogP contribution in [0.15, 0.2) is 30.3 Å². The van der Waals surface area contributed by atoms with Gasteiger partial charge in [-0.3, -0.25) is 9.59 Å². The van der Waals surface area contributed by atoms with Crippen molar-refractivity contribution < 1.29 is 14.3 Å². The number of nitrogens with one attached hydrogen (secondary N) is 2. The standard InChI is InChI=1S/C19H28N2O3/c1-2-24-19(23)17(12-15-6-4-3-5-7-15)14-21-18(22)9-8-16-10-11-20-13-16/h3-7,16-17,20H,2,8-14H2,1H3,(H,21,22). The van der Waals surface area contributed by atoms with E-state index in [0.29, 0.717) is 31.9 Å². The molecule has 1 heterocycles. The van der Waals surface area contributed by atoms with Gasteiger partial charge in [0.15, 0.2) is 0 Å². The predicted octanol–water partition coefficient (Wildman–Crippen LogP) is 1.91. The number of esters is 1. The van der Waals surface area contributed by atoms with Gasteiger partial charge in [-0.15, -0.1) is 0 Å². The van der Waals surface area contributed by atoms with E-state index in [4.69, 9.17) is 4.74 Å². The molecule has 2 unspecified atom stereocenters. The molecule has 1 aliphatic rings. The van der Waals surface area contributed by atoms with Gasteiger partial charge >= 0.3 is 5.97 Å². The largest absolute Gasteiger partial charge is 0.466 e. The second-order valence-electron chi connectivity index (χ2n) is 6.34. The molecule has 0 aliphatic carbocycles. The van der Waals surface area contributed by atoms with Gasteiger partial charge in [0.05, 0.1) is 12.5 Å². The molecule has 0 aromatic heterocycles. The molecule has 0 spiro atoms. The van der Waals surface area contributed by atoms with Crippen molar-refractivity contribution >= 4 is 11.9 Å². The first-order valence-corrected chi connectivity index (χ1v) is 8.87. The van der Waals surface area contributed by atoms with E-state index in [2.05, 4.69) is 10.6 Å². The molecular formula is C19H28N2O3. The Morgan fingerprint density at radius 3 is 2.79 bits per heavy atom. The second kappa shape index (κ2) is 10.1. The Hall–Kier alpha value is -1.88. The zero-order valence-electron chi connectivity index (χ0n) is 14.4. The molecule has 5 nitrogen and oxygen atoms in total. The van der Waals surface area contributed by atoms with Crippen molar-refractivity contribution in [3.8, 4) is 0 Å². The van der Waals surface area contributed by atoms with Gasteiger partial charge in [-0.05, 0) is 50.8 Å². The van der Waals surface area contributed by atoms with Gasteiger partial charge < -0.3 is 15.4 Å². The van der Waals surface area contributed by atoms with E-state index in [9.17, 15) is 9.59 Å². The molecule has 0 radical (unpaired) electrons. The molecule has 2 N–H and O–H groups in total. The van der Waals surface area contributed by atoms with Crippen molar-refractivity contribution in [2.45, 2.75) is 32.6 Å². The van der Waals surface area contributed by atoms with Crippen LogP contribution in [0.3, 0.4) is 0 Å². The quantitative estimate of drug-likeness (QED) is 0.678. The first kappa shape index (κ1) is 18.5. The van der Waals surface area contributed by atoms with Gasteiger partial charge in [-0.2, -0.15) is 0 Å².